The second kappa shape index (κ2) is 7.11. The number of benzene rings is 1. The van der Waals surface area contributed by atoms with Gasteiger partial charge in [0.15, 0.2) is 5.96 Å². The zero-order valence-electron chi connectivity index (χ0n) is 14.2. The number of hydrogen-bond donors (Lipinski definition) is 3. The van der Waals surface area contributed by atoms with Gasteiger partial charge in [-0.05, 0) is 49.8 Å². The van der Waals surface area contributed by atoms with Crippen LogP contribution in [0.5, 0.6) is 0 Å². The monoisotopic (exact) mass is 350 g/mol. The van der Waals surface area contributed by atoms with Gasteiger partial charge in [0.1, 0.15) is 0 Å². The Labute approximate surface area is 144 Å². The van der Waals surface area contributed by atoms with Crippen molar-refractivity contribution < 1.29 is 8.42 Å². The van der Waals surface area contributed by atoms with Gasteiger partial charge in [-0.1, -0.05) is 19.1 Å². The summed E-state index contributed by atoms with van der Waals surface area (Å²) in [5, 5.41) is 6.65. The molecule has 1 aromatic rings. The third kappa shape index (κ3) is 4.70. The van der Waals surface area contributed by atoms with E-state index in [0.29, 0.717) is 23.4 Å². The zero-order valence-corrected chi connectivity index (χ0v) is 15.1. The molecule has 2 unspecified atom stereocenters. The van der Waals surface area contributed by atoms with Gasteiger partial charge in [-0.15, -0.1) is 0 Å². The highest BCUT2D eigenvalue weighted by Crippen LogP contribution is 2.28. The summed E-state index contributed by atoms with van der Waals surface area (Å²) >= 11 is 0. The molecule has 0 radical (unpaired) electrons. The van der Waals surface area contributed by atoms with Crippen molar-refractivity contribution in [3.05, 3.63) is 29.8 Å². The van der Waals surface area contributed by atoms with E-state index in [1.54, 1.807) is 12.1 Å². The number of aliphatic imine (C=N–C) groups is 1. The standard InChI is InChI=1S/C17H26N4O2S/c1-3-18-17(20-16-10-12(16)2)19-11-13-4-8-15(9-5-13)24(22,23)21-14-6-7-14/h4-5,8-9,12,14,16,21H,3,6-7,10-11H2,1-2H3,(H2,18,19,20). The van der Waals surface area contributed by atoms with Crippen LogP contribution in [0.3, 0.4) is 0 Å². The van der Waals surface area contributed by atoms with Crippen LogP contribution >= 0.6 is 0 Å². The Morgan fingerprint density at radius 2 is 1.92 bits per heavy atom. The summed E-state index contributed by atoms with van der Waals surface area (Å²) in [6.45, 7) is 5.60. The maximum absolute atomic E-state index is 12.1. The SMILES string of the molecule is CCNC(=NCc1ccc(S(=O)(=O)NC2CC2)cc1)NC1CC1C. The fraction of sp³-hybridized carbons (Fsp3) is 0.588. The van der Waals surface area contributed by atoms with Crippen molar-refractivity contribution in [2.24, 2.45) is 10.9 Å². The van der Waals surface area contributed by atoms with Gasteiger partial charge in [0.25, 0.3) is 0 Å². The number of nitrogens with one attached hydrogen (secondary N) is 3. The van der Waals surface area contributed by atoms with E-state index in [-0.39, 0.29) is 6.04 Å². The molecule has 3 rings (SSSR count). The first-order valence-electron chi connectivity index (χ1n) is 8.64. The smallest absolute Gasteiger partial charge is 0.240 e. The van der Waals surface area contributed by atoms with Crippen molar-refractivity contribution in [3.8, 4) is 0 Å². The summed E-state index contributed by atoms with van der Waals surface area (Å²) < 4.78 is 27.0. The molecule has 0 saturated heterocycles. The molecular weight excluding hydrogens is 324 g/mol. The molecule has 0 amide bonds. The summed E-state index contributed by atoms with van der Waals surface area (Å²) in [5.74, 6) is 1.52. The minimum Gasteiger partial charge on any atom is -0.357 e. The summed E-state index contributed by atoms with van der Waals surface area (Å²) in [6.07, 6.45) is 3.06. The molecule has 2 aliphatic rings. The molecular formula is C17H26N4O2S. The average Bonchev–Trinajstić information content (AvgIpc) is 3.46. The normalized spacial score (nSPS) is 23.8. The fourth-order valence-corrected chi connectivity index (χ4v) is 3.76. The van der Waals surface area contributed by atoms with Crippen molar-refractivity contribution in [1.29, 1.82) is 0 Å². The van der Waals surface area contributed by atoms with Crippen LogP contribution in [0.1, 0.15) is 38.7 Å². The Kier molecular flexibility index (Phi) is 5.10. The van der Waals surface area contributed by atoms with E-state index >= 15 is 0 Å². The highest BCUT2D eigenvalue weighted by molar-refractivity contribution is 7.89. The lowest BCUT2D eigenvalue weighted by Crippen LogP contribution is -2.39. The van der Waals surface area contributed by atoms with Crippen LogP contribution in [0.2, 0.25) is 0 Å². The van der Waals surface area contributed by atoms with Gasteiger partial charge in [0.2, 0.25) is 10.0 Å². The van der Waals surface area contributed by atoms with Crippen molar-refractivity contribution >= 4 is 16.0 Å². The molecule has 2 atom stereocenters. The quantitative estimate of drug-likeness (QED) is 0.515. The van der Waals surface area contributed by atoms with Gasteiger partial charge in [-0.2, -0.15) is 0 Å². The lowest BCUT2D eigenvalue weighted by atomic mass is 10.2. The number of rotatable bonds is 7. The third-order valence-electron chi connectivity index (χ3n) is 4.33. The molecule has 0 spiro atoms. The molecule has 2 saturated carbocycles. The van der Waals surface area contributed by atoms with Gasteiger partial charge in [-0.25, -0.2) is 18.1 Å². The molecule has 7 heteroatoms. The highest BCUT2D eigenvalue weighted by atomic mass is 32.2. The molecule has 2 aliphatic carbocycles. The largest absolute Gasteiger partial charge is 0.357 e. The molecule has 2 fully saturated rings. The molecule has 24 heavy (non-hydrogen) atoms. The second-order valence-electron chi connectivity index (χ2n) is 6.70. The first-order chi connectivity index (χ1) is 11.5. The van der Waals surface area contributed by atoms with Crippen LogP contribution < -0.4 is 15.4 Å². The van der Waals surface area contributed by atoms with Crippen LogP contribution in [-0.4, -0.2) is 33.0 Å². The second-order valence-corrected chi connectivity index (χ2v) is 8.41. The van der Waals surface area contributed by atoms with Gasteiger partial charge < -0.3 is 10.6 Å². The van der Waals surface area contributed by atoms with Gasteiger partial charge >= 0.3 is 0 Å². The highest BCUT2D eigenvalue weighted by Gasteiger charge is 2.33. The van der Waals surface area contributed by atoms with Crippen LogP contribution in [0.25, 0.3) is 0 Å². The van der Waals surface area contributed by atoms with Crippen molar-refractivity contribution in [3.63, 3.8) is 0 Å². The van der Waals surface area contributed by atoms with Crippen LogP contribution in [0, 0.1) is 5.92 Å². The number of hydrogen-bond acceptors (Lipinski definition) is 3. The molecule has 0 heterocycles. The Hall–Kier alpha value is -1.60. The minimum absolute atomic E-state index is 0.123. The van der Waals surface area contributed by atoms with Crippen molar-refractivity contribution in [1.82, 2.24) is 15.4 Å². The maximum Gasteiger partial charge on any atom is 0.240 e. The summed E-state index contributed by atoms with van der Waals surface area (Å²) in [4.78, 5) is 4.90. The first kappa shape index (κ1) is 17.2. The Morgan fingerprint density at radius 1 is 1.25 bits per heavy atom. The van der Waals surface area contributed by atoms with E-state index < -0.39 is 10.0 Å². The Bertz CT molecular complexity index is 696. The zero-order chi connectivity index (χ0) is 17.2. The minimum atomic E-state index is -3.38. The van der Waals surface area contributed by atoms with Crippen LogP contribution in [0.4, 0.5) is 0 Å². The van der Waals surface area contributed by atoms with E-state index in [0.717, 1.165) is 30.9 Å². The fourth-order valence-electron chi connectivity index (χ4n) is 2.45. The first-order valence-corrected chi connectivity index (χ1v) is 10.1. The maximum atomic E-state index is 12.1. The number of nitrogens with zero attached hydrogens (tertiary/aromatic N) is 1. The van der Waals surface area contributed by atoms with E-state index in [9.17, 15) is 8.42 Å². The number of sulfonamides is 1. The molecule has 0 bridgehead atoms. The van der Waals surface area contributed by atoms with Crippen LogP contribution in [0.15, 0.2) is 34.2 Å². The van der Waals surface area contributed by atoms with E-state index in [1.165, 1.54) is 6.42 Å². The lowest BCUT2D eigenvalue weighted by molar-refractivity contribution is 0.581. The Balaban J connectivity index is 1.60. The van der Waals surface area contributed by atoms with Gasteiger partial charge in [0.05, 0.1) is 11.4 Å². The molecule has 6 nitrogen and oxygen atoms in total. The van der Waals surface area contributed by atoms with Gasteiger partial charge in [-0.3, -0.25) is 0 Å². The molecule has 3 N–H and O–H groups in total. The third-order valence-corrected chi connectivity index (χ3v) is 5.86. The topological polar surface area (TPSA) is 82.6 Å². The summed E-state index contributed by atoms with van der Waals surface area (Å²) in [5.41, 5.74) is 0.987. The van der Waals surface area contributed by atoms with Gasteiger partial charge in [0, 0.05) is 18.6 Å². The van der Waals surface area contributed by atoms with Crippen molar-refractivity contribution in [2.75, 3.05) is 6.54 Å². The average molecular weight is 350 g/mol. The number of guanidine groups is 1. The molecule has 0 aromatic heterocycles. The van der Waals surface area contributed by atoms with Crippen LogP contribution in [-0.2, 0) is 16.6 Å². The Morgan fingerprint density at radius 3 is 2.46 bits per heavy atom. The lowest BCUT2D eigenvalue weighted by Gasteiger charge is -2.11. The van der Waals surface area contributed by atoms with Crippen molar-refractivity contribution in [2.45, 2.75) is 56.6 Å². The summed E-state index contributed by atoms with van der Waals surface area (Å²) in [6, 6.07) is 7.60. The van der Waals surface area contributed by atoms with E-state index in [4.69, 9.17) is 0 Å². The van der Waals surface area contributed by atoms with E-state index in [1.807, 2.05) is 19.1 Å². The molecule has 0 aliphatic heterocycles. The predicted octanol–water partition coefficient (Wildman–Crippen LogP) is 1.59. The van der Waals surface area contributed by atoms with E-state index in [2.05, 4.69) is 27.3 Å². The molecule has 132 valence electrons. The summed E-state index contributed by atoms with van der Waals surface area (Å²) in [7, 11) is -3.38. The molecule has 1 aromatic carbocycles. The predicted molar refractivity (Wildman–Crippen MR) is 95.3 cm³/mol.